The summed E-state index contributed by atoms with van der Waals surface area (Å²) >= 11 is 1.16. The van der Waals surface area contributed by atoms with Crippen LogP contribution in [0.25, 0.3) is 10.4 Å². The lowest BCUT2D eigenvalue weighted by molar-refractivity contribution is 0.0946. The van der Waals surface area contributed by atoms with E-state index < -0.39 is 0 Å². The number of hydrogen-bond donors (Lipinski definition) is 1. The third-order valence-corrected chi connectivity index (χ3v) is 3.91. The van der Waals surface area contributed by atoms with Crippen LogP contribution in [-0.4, -0.2) is 15.5 Å². The van der Waals surface area contributed by atoms with Crippen molar-refractivity contribution in [2.24, 2.45) is 0 Å². The predicted octanol–water partition coefficient (Wildman–Crippen LogP) is 3.27. The number of carbonyl (C=O) groups excluding carboxylic acids is 1. The molecule has 4 nitrogen and oxygen atoms in total. The first-order chi connectivity index (χ1) is 10.8. The van der Waals surface area contributed by atoms with Gasteiger partial charge in [-0.05, 0) is 23.2 Å². The molecule has 1 amide bonds. The fraction of sp³-hybridized carbons (Fsp3) is 0.0625. The van der Waals surface area contributed by atoms with Crippen molar-refractivity contribution in [1.82, 2.24) is 14.9 Å². The molecule has 1 heterocycles. The highest BCUT2D eigenvalue weighted by molar-refractivity contribution is 7.09. The Morgan fingerprint density at radius 3 is 2.59 bits per heavy atom. The average Bonchev–Trinajstić information content (AvgIpc) is 3.04. The molecule has 1 N–H and O–H groups in total. The van der Waals surface area contributed by atoms with Crippen LogP contribution >= 0.6 is 11.5 Å². The summed E-state index contributed by atoms with van der Waals surface area (Å²) in [5.41, 5.74) is 1.57. The van der Waals surface area contributed by atoms with E-state index in [1.165, 1.54) is 6.07 Å². The first-order valence-electron chi connectivity index (χ1n) is 6.65. The average molecular weight is 313 g/mol. The Balaban J connectivity index is 1.77. The third-order valence-electron chi connectivity index (χ3n) is 3.14. The van der Waals surface area contributed by atoms with Crippen molar-refractivity contribution in [3.8, 4) is 10.4 Å². The molecule has 0 saturated carbocycles. The van der Waals surface area contributed by atoms with E-state index in [0.717, 1.165) is 17.1 Å². The molecule has 0 fully saturated rings. The van der Waals surface area contributed by atoms with Gasteiger partial charge in [0.1, 0.15) is 5.82 Å². The lowest BCUT2D eigenvalue weighted by Gasteiger charge is -2.05. The first-order valence-corrected chi connectivity index (χ1v) is 7.42. The number of amides is 1. The fourth-order valence-corrected chi connectivity index (χ4v) is 2.68. The molecule has 0 aliphatic carbocycles. The van der Waals surface area contributed by atoms with Gasteiger partial charge < -0.3 is 5.32 Å². The minimum absolute atomic E-state index is 0.108. The predicted molar refractivity (Wildman–Crippen MR) is 82.9 cm³/mol. The van der Waals surface area contributed by atoms with Crippen LogP contribution in [0.4, 0.5) is 4.39 Å². The number of aromatic nitrogens is 2. The lowest BCUT2D eigenvalue weighted by Crippen LogP contribution is -2.24. The third kappa shape index (κ3) is 3.01. The zero-order valence-corrected chi connectivity index (χ0v) is 12.3. The van der Waals surface area contributed by atoms with E-state index >= 15 is 0 Å². The Morgan fingerprint density at radius 2 is 1.82 bits per heavy atom. The highest BCUT2D eigenvalue weighted by atomic mass is 32.1. The topological polar surface area (TPSA) is 54.9 Å². The molecule has 0 bridgehead atoms. The minimum atomic E-state index is -0.365. The molecule has 0 aliphatic rings. The maximum absolute atomic E-state index is 13.5. The van der Waals surface area contributed by atoms with Crippen LogP contribution in [-0.2, 0) is 6.54 Å². The second kappa shape index (κ2) is 6.44. The van der Waals surface area contributed by atoms with Crippen molar-refractivity contribution in [1.29, 1.82) is 0 Å². The Bertz CT molecular complexity index is 789. The van der Waals surface area contributed by atoms with Crippen LogP contribution < -0.4 is 5.32 Å². The molecule has 3 rings (SSSR count). The van der Waals surface area contributed by atoms with Gasteiger partial charge in [0, 0.05) is 12.1 Å². The molecular formula is C16H12FN3OS. The molecule has 0 unspecified atom stereocenters. The van der Waals surface area contributed by atoms with E-state index in [2.05, 4.69) is 14.9 Å². The lowest BCUT2D eigenvalue weighted by atomic mass is 10.1. The number of benzene rings is 2. The highest BCUT2D eigenvalue weighted by Gasteiger charge is 2.17. The molecule has 0 spiro atoms. The highest BCUT2D eigenvalue weighted by Crippen LogP contribution is 2.25. The summed E-state index contributed by atoms with van der Waals surface area (Å²) in [5, 5.41) is 6.57. The van der Waals surface area contributed by atoms with E-state index in [0.29, 0.717) is 10.4 Å². The van der Waals surface area contributed by atoms with Crippen molar-refractivity contribution in [3.05, 3.63) is 71.7 Å². The fourth-order valence-electron chi connectivity index (χ4n) is 2.02. The summed E-state index contributed by atoms with van der Waals surface area (Å²) in [6.45, 7) is 0.108. The van der Waals surface area contributed by atoms with Crippen molar-refractivity contribution in [2.45, 2.75) is 6.54 Å². The first kappa shape index (κ1) is 14.3. The second-order valence-corrected chi connectivity index (χ2v) is 5.34. The molecule has 3 aromatic rings. The summed E-state index contributed by atoms with van der Waals surface area (Å²) in [7, 11) is 0. The van der Waals surface area contributed by atoms with Crippen molar-refractivity contribution in [2.75, 3.05) is 0 Å². The van der Waals surface area contributed by atoms with Crippen LogP contribution in [0, 0.1) is 5.82 Å². The van der Waals surface area contributed by atoms with Gasteiger partial charge in [-0.1, -0.05) is 53.0 Å². The summed E-state index contributed by atoms with van der Waals surface area (Å²) in [5.74, 6) is -0.710. The quantitative estimate of drug-likeness (QED) is 0.804. The Morgan fingerprint density at radius 1 is 1.09 bits per heavy atom. The van der Waals surface area contributed by atoms with Crippen molar-refractivity contribution < 1.29 is 9.18 Å². The molecule has 0 atom stereocenters. The van der Waals surface area contributed by atoms with E-state index in [1.807, 2.05) is 30.3 Å². The number of nitrogens with one attached hydrogen (secondary N) is 1. The van der Waals surface area contributed by atoms with E-state index in [-0.39, 0.29) is 24.0 Å². The second-order valence-electron chi connectivity index (χ2n) is 4.59. The SMILES string of the molecule is O=C(NCc1ccccc1F)c1nnsc1-c1ccccc1. The van der Waals surface area contributed by atoms with Gasteiger partial charge in [-0.15, -0.1) is 5.10 Å². The van der Waals surface area contributed by atoms with E-state index in [9.17, 15) is 9.18 Å². The van der Waals surface area contributed by atoms with Crippen LogP contribution in [0.5, 0.6) is 0 Å². The largest absolute Gasteiger partial charge is 0.346 e. The maximum Gasteiger partial charge on any atom is 0.273 e. The van der Waals surface area contributed by atoms with Crippen LogP contribution in [0.3, 0.4) is 0 Å². The molecular weight excluding hydrogens is 301 g/mol. The Hall–Kier alpha value is -2.60. The summed E-state index contributed by atoms with van der Waals surface area (Å²) in [6.07, 6.45) is 0. The number of rotatable bonds is 4. The van der Waals surface area contributed by atoms with Crippen molar-refractivity contribution in [3.63, 3.8) is 0 Å². The maximum atomic E-state index is 13.5. The molecule has 2 aromatic carbocycles. The summed E-state index contributed by atoms with van der Waals surface area (Å²) in [4.78, 5) is 13.0. The standard InChI is InChI=1S/C16H12FN3OS/c17-13-9-5-4-8-12(13)10-18-16(21)14-15(22-20-19-14)11-6-2-1-3-7-11/h1-9H,10H2,(H,18,21). The van der Waals surface area contributed by atoms with Gasteiger partial charge in [0.2, 0.25) is 0 Å². The normalized spacial score (nSPS) is 10.4. The monoisotopic (exact) mass is 313 g/mol. The molecule has 0 radical (unpaired) electrons. The van der Waals surface area contributed by atoms with Crippen molar-refractivity contribution >= 4 is 17.4 Å². The van der Waals surface area contributed by atoms with Gasteiger partial charge in [-0.25, -0.2) is 4.39 Å². The van der Waals surface area contributed by atoms with Crippen LogP contribution in [0.1, 0.15) is 16.1 Å². The number of hydrogen-bond acceptors (Lipinski definition) is 4. The zero-order valence-electron chi connectivity index (χ0n) is 11.5. The Labute approximate surface area is 130 Å². The molecule has 110 valence electrons. The van der Waals surface area contributed by atoms with E-state index in [4.69, 9.17) is 0 Å². The zero-order chi connectivity index (χ0) is 15.4. The number of carbonyl (C=O) groups is 1. The molecule has 6 heteroatoms. The Kier molecular flexibility index (Phi) is 4.20. The molecule has 0 aliphatic heterocycles. The van der Waals surface area contributed by atoms with Gasteiger partial charge >= 0.3 is 0 Å². The van der Waals surface area contributed by atoms with Gasteiger partial charge in [0.15, 0.2) is 5.69 Å². The summed E-state index contributed by atoms with van der Waals surface area (Å²) < 4.78 is 17.4. The van der Waals surface area contributed by atoms with Gasteiger partial charge in [-0.3, -0.25) is 4.79 Å². The van der Waals surface area contributed by atoms with E-state index in [1.54, 1.807) is 18.2 Å². The number of halogens is 1. The molecule has 0 saturated heterocycles. The molecule has 22 heavy (non-hydrogen) atoms. The molecule has 1 aromatic heterocycles. The summed E-state index contributed by atoms with van der Waals surface area (Å²) in [6, 6.07) is 15.8. The van der Waals surface area contributed by atoms with Crippen LogP contribution in [0.15, 0.2) is 54.6 Å². The minimum Gasteiger partial charge on any atom is -0.346 e. The number of nitrogens with zero attached hydrogens (tertiary/aromatic N) is 2. The van der Waals surface area contributed by atoms with Crippen LogP contribution in [0.2, 0.25) is 0 Å². The van der Waals surface area contributed by atoms with Gasteiger partial charge in [-0.2, -0.15) is 0 Å². The smallest absolute Gasteiger partial charge is 0.273 e. The van der Waals surface area contributed by atoms with Gasteiger partial charge in [0.25, 0.3) is 5.91 Å². The van der Waals surface area contributed by atoms with Gasteiger partial charge in [0.05, 0.1) is 4.88 Å².